The van der Waals surface area contributed by atoms with E-state index < -0.39 is 24.3 Å². The maximum Gasteiger partial charge on any atom is 0.429 e. The number of hydrogen-bond acceptors (Lipinski definition) is 7. The second-order valence-corrected chi connectivity index (χ2v) is 10.6. The molecule has 0 radical (unpaired) electrons. The van der Waals surface area contributed by atoms with Crippen molar-refractivity contribution < 1.29 is 32.5 Å². The third-order valence-electron chi connectivity index (χ3n) is 7.50. The summed E-state index contributed by atoms with van der Waals surface area (Å²) >= 11 is 6.14. The number of alkyl halides is 3. The van der Waals surface area contributed by atoms with Gasteiger partial charge in [0.2, 0.25) is 17.9 Å². The number of nitrogens with one attached hydrogen (secondary N) is 1. The third kappa shape index (κ3) is 6.05. The standard InChI is InChI=1S/C27H28ClF3N4O4/c28-17-3-4-18(19(10-17)16-2-1-9-38-13-16)23(27(29,30)31)39-22-11-20(34-25(32)35-22)15-5-7-26(8-6-15)12-21(24(36)37)33-14-26/h2-5,10-11,21,23,33H,1,6-9,12-14H2,(H,36,37)(H2,32,34,35)/t21-,23-,26+/m1/s1. The summed E-state index contributed by atoms with van der Waals surface area (Å²) in [6.07, 6.45) is -0.313. The summed E-state index contributed by atoms with van der Waals surface area (Å²) in [6.45, 7) is 1.25. The Hall–Kier alpha value is -3.15. The fraction of sp³-hybridized carbons (Fsp3) is 0.444. The SMILES string of the molecule is Nc1nc(O[C@H](c2ccc(Cl)cc2C2=CCCOC2)C(F)(F)F)cc(C2=CC[C@@]3(CC2)CN[C@@H](C(=O)O)C3)n1. The summed E-state index contributed by atoms with van der Waals surface area (Å²) in [5.74, 6) is -1.38. The van der Waals surface area contributed by atoms with Crippen molar-refractivity contribution in [3.8, 4) is 5.88 Å². The van der Waals surface area contributed by atoms with Crippen LogP contribution in [0.25, 0.3) is 11.1 Å². The number of allylic oxidation sites excluding steroid dienone is 2. The van der Waals surface area contributed by atoms with E-state index in [4.69, 9.17) is 26.8 Å². The summed E-state index contributed by atoms with van der Waals surface area (Å²) in [7, 11) is 0. The summed E-state index contributed by atoms with van der Waals surface area (Å²) in [5.41, 5.74) is 7.71. The Morgan fingerprint density at radius 1 is 1.26 bits per heavy atom. The number of anilines is 1. The van der Waals surface area contributed by atoms with E-state index in [1.54, 1.807) is 0 Å². The van der Waals surface area contributed by atoms with E-state index in [-0.39, 0.29) is 29.4 Å². The molecule has 0 bridgehead atoms. The van der Waals surface area contributed by atoms with Crippen LogP contribution >= 0.6 is 11.6 Å². The number of hydrogen-bond donors (Lipinski definition) is 3. The van der Waals surface area contributed by atoms with Crippen molar-refractivity contribution in [2.45, 2.75) is 50.4 Å². The van der Waals surface area contributed by atoms with Gasteiger partial charge >= 0.3 is 12.1 Å². The molecule has 2 aromatic rings. The number of rotatable bonds is 6. The number of aliphatic carboxylic acids is 1. The lowest BCUT2D eigenvalue weighted by atomic mass is 9.73. The van der Waals surface area contributed by atoms with Gasteiger partial charge in [0.25, 0.3) is 0 Å². The predicted molar refractivity (Wildman–Crippen MR) is 139 cm³/mol. The van der Waals surface area contributed by atoms with Crippen LogP contribution in [0.5, 0.6) is 5.88 Å². The molecule has 1 aliphatic carbocycles. The largest absolute Gasteiger partial charge is 0.480 e. The van der Waals surface area contributed by atoms with Crippen LogP contribution in [0, 0.1) is 5.41 Å². The van der Waals surface area contributed by atoms with Crippen LogP contribution in [0.3, 0.4) is 0 Å². The summed E-state index contributed by atoms with van der Waals surface area (Å²) in [4.78, 5) is 19.5. The number of nitrogens with zero attached hydrogens (tertiary/aromatic N) is 2. The van der Waals surface area contributed by atoms with E-state index in [2.05, 4.69) is 15.3 Å². The van der Waals surface area contributed by atoms with E-state index >= 15 is 0 Å². The molecule has 208 valence electrons. The molecule has 0 amide bonds. The Labute approximate surface area is 228 Å². The van der Waals surface area contributed by atoms with E-state index in [1.165, 1.54) is 24.3 Å². The minimum atomic E-state index is -4.77. The van der Waals surface area contributed by atoms with E-state index in [1.807, 2.05) is 12.2 Å². The predicted octanol–water partition coefficient (Wildman–Crippen LogP) is 5.20. The molecule has 3 aliphatic rings. The van der Waals surface area contributed by atoms with Gasteiger partial charge in [-0.05, 0) is 66.4 Å². The van der Waals surface area contributed by atoms with Crippen LogP contribution in [0.15, 0.2) is 36.4 Å². The third-order valence-corrected chi connectivity index (χ3v) is 7.74. The Balaban J connectivity index is 1.43. The van der Waals surface area contributed by atoms with Crippen LogP contribution in [-0.2, 0) is 9.53 Å². The lowest BCUT2D eigenvalue weighted by molar-refractivity contribution is -0.198. The van der Waals surface area contributed by atoms with Crippen molar-refractivity contribution in [3.63, 3.8) is 0 Å². The van der Waals surface area contributed by atoms with Crippen molar-refractivity contribution in [1.29, 1.82) is 0 Å². The van der Waals surface area contributed by atoms with Gasteiger partial charge in [-0.2, -0.15) is 18.2 Å². The monoisotopic (exact) mass is 564 g/mol. The van der Waals surface area contributed by atoms with Gasteiger partial charge < -0.3 is 25.6 Å². The number of carboxylic acid groups (broad SMARTS) is 1. The van der Waals surface area contributed by atoms with Crippen molar-refractivity contribution >= 4 is 34.7 Å². The summed E-state index contributed by atoms with van der Waals surface area (Å²) < 4.78 is 54.2. The number of halogens is 4. The molecule has 1 saturated heterocycles. The zero-order valence-corrected chi connectivity index (χ0v) is 21.7. The van der Waals surface area contributed by atoms with Crippen LogP contribution in [-0.4, -0.2) is 53.0 Å². The molecule has 1 fully saturated rings. The number of aromatic nitrogens is 2. The van der Waals surface area contributed by atoms with Crippen molar-refractivity contribution in [2.75, 3.05) is 25.5 Å². The Morgan fingerprint density at radius 3 is 2.72 bits per heavy atom. The molecule has 8 nitrogen and oxygen atoms in total. The lowest BCUT2D eigenvalue weighted by Gasteiger charge is -2.32. The van der Waals surface area contributed by atoms with E-state index in [9.17, 15) is 23.1 Å². The average molecular weight is 565 g/mol. The molecule has 0 saturated carbocycles. The van der Waals surface area contributed by atoms with Gasteiger partial charge in [-0.25, -0.2) is 4.98 Å². The minimum absolute atomic E-state index is 0.108. The van der Waals surface area contributed by atoms with Crippen LogP contribution < -0.4 is 15.8 Å². The molecule has 0 unspecified atom stereocenters. The van der Waals surface area contributed by atoms with Crippen molar-refractivity contribution in [1.82, 2.24) is 15.3 Å². The Bertz CT molecular complexity index is 1330. The molecule has 1 spiro atoms. The molecular weight excluding hydrogens is 537 g/mol. The van der Waals surface area contributed by atoms with Gasteiger partial charge in [-0.3, -0.25) is 4.79 Å². The topological polar surface area (TPSA) is 120 Å². The first-order valence-electron chi connectivity index (χ1n) is 12.6. The molecule has 3 heterocycles. The Morgan fingerprint density at radius 2 is 2.08 bits per heavy atom. The van der Waals surface area contributed by atoms with E-state index in [0.29, 0.717) is 67.1 Å². The second-order valence-electron chi connectivity index (χ2n) is 10.2. The van der Waals surface area contributed by atoms with Gasteiger partial charge in [0.1, 0.15) is 6.04 Å². The number of nitrogen functional groups attached to an aromatic ring is 1. The summed E-state index contributed by atoms with van der Waals surface area (Å²) in [6, 6.07) is 4.96. The first-order valence-corrected chi connectivity index (χ1v) is 13.0. The lowest BCUT2D eigenvalue weighted by Crippen LogP contribution is -2.30. The molecule has 2 aliphatic heterocycles. The molecule has 12 heteroatoms. The number of carbonyl (C=O) groups is 1. The van der Waals surface area contributed by atoms with E-state index in [0.717, 1.165) is 5.57 Å². The smallest absolute Gasteiger partial charge is 0.429 e. The molecule has 4 N–H and O–H groups in total. The van der Waals surface area contributed by atoms with Gasteiger partial charge in [-0.15, -0.1) is 0 Å². The van der Waals surface area contributed by atoms with Crippen molar-refractivity contribution in [2.24, 2.45) is 5.41 Å². The van der Waals surface area contributed by atoms with Crippen LogP contribution in [0.1, 0.15) is 55.0 Å². The maximum atomic E-state index is 14.4. The summed E-state index contributed by atoms with van der Waals surface area (Å²) in [5, 5.41) is 12.7. The maximum absolute atomic E-state index is 14.4. The Kier molecular flexibility index (Phi) is 7.58. The van der Waals surface area contributed by atoms with Gasteiger partial charge in [0.05, 0.1) is 18.9 Å². The van der Waals surface area contributed by atoms with Crippen LogP contribution in [0.4, 0.5) is 19.1 Å². The normalized spacial score (nSPS) is 24.3. The highest BCUT2D eigenvalue weighted by molar-refractivity contribution is 6.30. The average Bonchev–Trinajstić information content (AvgIpc) is 3.31. The first kappa shape index (κ1) is 27.4. The van der Waals surface area contributed by atoms with Crippen LogP contribution in [0.2, 0.25) is 5.02 Å². The zero-order valence-electron chi connectivity index (χ0n) is 20.9. The molecule has 5 rings (SSSR count). The highest BCUT2D eigenvalue weighted by Gasteiger charge is 2.45. The highest BCUT2D eigenvalue weighted by Crippen LogP contribution is 2.45. The molecular formula is C27H28ClF3N4O4. The number of carboxylic acids is 1. The number of ether oxygens (including phenoxy) is 2. The zero-order chi connectivity index (χ0) is 27.8. The minimum Gasteiger partial charge on any atom is -0.480 e. The van der Waals surface area contributed by atoms with Crippen molar-refractivity contribution in [3.05, 3.63) is 58.3 Å². The number of nitrogens with two attached hydrogens (primary N) is 1. The van der Waals surface area contributed by atoms with Gasteiger partial charge in [0, 0.05) is 23.2 Å². The molecule has 1 aromatic carbocycles. The number of benzene rings is 1. The molecule has 1 aromatic heterocycles. The van der Waals surface area contributed by atoms with Gasteiger partial charge in [-0.1, -0.05) is 29.8 Å². The van der Waals surface area contributed by atoms with Gasteiger partial charge in [0.15, 0.2) is 0 Å². The quantitative estimate of drug-likeness (QED) is 0.438. The molecule has 3 atom stereocenters. The first-order chi connectivity index (χ1) is 18.5. The highest BCUT2D eigenvalue weighted by atomic mass is 35.5. The fourth-order valence-electron chi connectivity index (χ4n) is 5.49. The fourth-order valence-corrected chi connectivity index (χ4v) is 5.66. The second kappa shape index (κ2) is 10.8. The molecule has 39 heavy (non-hydrogen) atoms.